The number of carbonyl (C=O) groups is 3. The summed E-state index contributed by atoms with van der Waals surface area (Å²) in [4.78, 5) is 39.9. The van der Waals surface area contributed by atoms with Crippen LogP contribution in [0.25, 0.3) is 0 Å². The molecule has 0 unspecified atom stereocenters. The van der Waals surface area contributed by atoms with Crippen LogP contribution in [0.3, 0.4) is 0 Å². The molecule has 2 aromatic rings. The van der Waals surface area contributed by atoms with E-state index in [9.17, 15) is 14.4 Å². The number of benzene rings is 2. The molecule has 3 amide bonds. The highest BCUT2D eigenvalue weighted by Crippen LogP contribution is 2.38. The molecule has 0 aromatic heterocycles. The Labute approximate surface area is 180 Å². The van der Waals surface area contributed by atoms with Gasteiger partial charge in [0.15, 0.2) is 0 Å². The largest absolute Gasteiger partial charge is 0.325 e. The number of imide groups is 1. The van der Waals surface area contributed by atoms with E-state index in [4.69, 9.17) is 0 Å². The number of thioether (sulfide) groups is 1. The standard InChI is InChI=1S/C24H24N2O3S/c1-15-6-5-9-21(16(15)2)25-22(27)14-30-18-12-10-17(11-13-18)26-23(28)19-7-3-4-8-20(19)24(26)29/h3-6,9-13,19-20H,7-8,14H2,1-2H3,(H,25,27)/t19-,20-/m1/s1. The minimum atomic E-state index is -0.231. The van der Waals surface area contributed by atoms with Crippen molar-refractivity contribution in [2.24, 2.45) is 11.8 Å². The molecule has 1 saturated heterocycles. The van der Waals surface area contributed by atoms with Crippen LogP contribution in [0.4, 0.5) is 11.4 Å². The third-order valence-electron chi connectivity index (χ3n) is 5.85. The predicted molar refractivity (Wildman–Crippen MR) is 120 cm³/mol. The summed E-state index contributed by atoms with van der Waals surface area (Å²) < 4.78 is 0. The van der Waals surface area contributed by atoms with Crippen molar-refractivity contribution < 1.29 is 14.4 Å². The van der Waals surface area contributed by atoms with Gasteiger partial charge in [-0.25, -0.2) is 0 Å². The number of allylic oxidation sites excluding steroid dienone is 2. The molecule has 2 aliphatic rings. The van der Waals surface area contributed by atoms with E-state index in [1.165, 1.54) is 16.7 Å². The molecule has 154 valence electrons. The lowest BCUT2D eigenvalue weighted by Crippen LogP contribution is -2.30. The van der Waals surface area contributed by atoms with Crippen molar-refractivity contribution in [3.63, 3.8) is 0 Å². The van der Waals surface area contributed by atoms with Gasteiger partial charge in [-0.15, -0.1) is 11.8 Å². The molecular formula is C24H24N2O3S. The summed E-state index contributed by atoms with van der Waals surface area (Å²) in [6.07, 6.45) is 5.24. The molecule has 1 N–H and O–H groups in total. The molecule has 0 radical (unpaired) electrons. The van der Waals surface area contributed by atoms with Gasteiger partial charge in [0, 0.05) is 10.6 Å². The van der Waals surface area contributed by atoms with Crippen LogP contribution >= 0.6 is 11.8 Å². The number of hydrogen-bond donors (Lipinski definition) is 1. The molecule has 0 saturated carbocycles. The van der Waals surface area contributed by atoms with Crippen LogP contribution in [0.1, 0.15) is 24.0 Å². The van der Waals surface area contributed by atoms with Gasteiger partial charge >= 0.3 is 0 Å². The van der Waals surface area contributed by atoms with Crippen LogP contribution in [-0.2, 0) is 14.4 Å². The second-order valence-electron chi connectivity index (χ2n) is 7.75. The van der Waals surface area contributed by atoms with E-state index in [1.807, 2.05) is 56.3 Å². The van der Waals surface area contributed by atoms with Crippen LogP contribution in [0.5, 0.6) is 0 Å². The molecule has 4 rings (SSSR count). The smallest absolute Gasteiger partial charge is 0.238 e. The maximum absolute atomic E-state index is 12.7. The molecule has 1 aliphatic carbocycles. The monoisotopic (exact) mass is 420 g/mol. The predicted octanol–water partition coefficient (Wildman–Crippen LogP) is 4.49. The number of amides is 3. The van der Waals surface area contributed by atoms with Crippen LogP contribution in [-0.4, -0.2) is 23.5 Å². The number of rotatable bonds is 5. The first kappa shape index (κ1) is 20.4. The molecular weight excluding hydrogens is 396 g/mol. The van der Waals surface area contributed by atoms with E-state index >= 15 is 0 Å². The van der Waals surface area contributed by atoms with Gasteiger partial charge in [-0.3, -0.25) is 19.3 Å². The Morgan fingerprint density at radius 1 is 1.00 bits per heavy atom. The summed E-state index contributed by atoms with van der Waals surface area (Å²) in [6.45, 7) is 4.01. The molecule has 6 heteroatoms. The fourth-order valence-electron chi connectivity index (χ4n) is 3.97. The van der Waals surface area contributed by atoms with Crippen LogP contribution in [0.2, 0.25) is 0 Å². The highest BCUT2D eigenvalue weighted by molar-refractivity contribution is 8.00. The summed E-state index contributed by atoms with van der Waals surface area (Å²) in [6, 6.07) is 13.1. The minimum Gasteiger partial charge on any atom is -0.325 e. The molecule has 0 bridgehead atoms. The van der Waals surface area contributed by atoms with Crippen molar-refractivity contribution in [2.45, 2.75) is 31.6 Å². The number of fused-ring (bicyclic) bond motifs is 1. The minimum absolute atomic E-state index is 0.0701. The first-order valence-corrected chi connectivity index (χ1v) is 11.1. The maximum atomic E-state index is 12.7. The fourth-order valence-corrected chi connectivity index (χ4v) is 4.67. The number of anilines is 2. The molecule has 5 nitrogen and oxygen atoms in total. The Balaban J connectivity index is 1.37. The van der Waals surface area contributed by atoms with E-state index < -0.39 is 0 Å². The number of carbonyl (C=O) groups excluding carboxylic acids is 3. The van der Waals surface area contributed by atoms with E-state index in [0.717, 1.165) is 21.7 Å². The number of nitrogens with one attached hydrogen (secondary N) is 1. The third-order valence-corrected chi connectivity index (χ3v) is 6.86. The van der Waals surface area contributed by atoms with Gasteiger partial charge in [-0.05, 0) is 68.1 Å². The fraction of sp³-hybridized carbons (Fsp3) is 0.292. The molecule has 1 fully saturated rings. The lowest BCUT2D eigenvalue weighted by molar-refractivity contribution is -0.122. The van der Waals surface area contributed by atoms with E-state index in [1.54, 1.807) is 12.1 Å². The van der Waals surface area contributed by atoms with Crippen LogP contribution in [0.15, 0.2) is 59.5 Å². The quantitative estimate of drug-likeness (QED) is 0.440. The van der Waals surface area contributed by atoms with Gasteiger partial charge in [0.05, 0.1) is 23.3 Å². The maximum Gasteiger partial charge on any atom is 0.238 e. The summed E-state index contributed by atoms with van der Waals surface area (Å²) in [5.74, 6) is -0.468. The normalized spacial score (nSPS) is 20.4. The Bertz CT molecular complexity index is 1000. The van der Waals surface area contributed by atoms with Gasteiger partial charge in [-0.2, -0.15) is 0 Å². The summed E-state index contributed by atoms with van der Waals surface area (Å²) >= 11 is 1.42. The van der Waals surface area contributed by atoms with Crippen LogP contribution in [0, 0.1) is 25.7 Å². The van der Waals surface area contributed by atoms with E-state index in [0.29, 0.717) is 18.5 Å². The average molecular weight is 421 g/mol. The second kappa shape index (κ2) is 8.48. The number of hydrogen-bond acceptors (Lipinski definition) is 4. The lowest BCUT2D eigenvalue weighted by atomic mass is 9.85. The van der Waals surface area contributed by atoms with E-state index in [-0.39, 0.29) is 35.3 Å². The molecule has 1 heterocycles. The van der Waals surface area contributed by atoms with Gasteiger partial charge < -0.3 is 5.32 Å². The third kappa shape index (κ3) is 3.92. The molecule has 30 heavy (non-hydrogen) atoms. The number of aryl methyl sites for hydroxylation is 1. The highest BCUT2D eigenvalue weighted by atomic mass is 32.2. The average Bonchev–Trinajstić information content (AvgIpc) is 3.01. The Morgan fingerprint density at radius 3 is 2.27 bits per heavy atom. The van der Waals surface area contributed by atoms with Crippen molar-refractivity contribution in [2.75, 3.05) is 16.0 Å². The zero-order valence-corrected chi connectivity index (χ0v) is 17.9. The van der Waals surface area contributed by atoms with Crippen molar-refractivity contribution in [1.29, 1.82) is 0 Å². The Morgan fingerprint density at radius 2 is 1.63 bits per heavy atom. The highest BCUT2D eigenvalue weighted by Gasteiger charge is 2.47. The van der Waals surface area contributed by atoms with Crippen molar-refractivity contribution >= 4 is 40.9 Å². The zero-order chi connectivity index (χ0) is 21.3. The topological polar surface area (TPSA) is 66.5 Å². The van der Waals surface area contributed by atoms with Gasteiger partial charge in [0.25, 0.3) is 0 Å². The first-order valence-electron chi connectivity index (χ1n) is 10.1. The lowest BCUT2D eigenvalue weighted by Gasteiger charge is -2.15. The summed E-state index contributed by atoms with van der Waals surface area (Å²) in [7, 11) is 0. The van der Waals surface area contributed by atoms with Crippen molar-refractivity contribution in [3.8, 4) is 0 Å². The molecule has 2 aromatic carbocycles. The summed E-state index contributed by atoms with van der Waals surface area (Å²) in [5, 5.41) is 2.95. The number of nitrogens with zero attached hydrogens (tertiary/aromatic N) is 1. The summed E-state index contributed by atoms with van der Waals surface area (Å²) in [5.41, 5.74) is 3.63. The molecule has 1 aliphatic heterocycles. The Hall–Kier alpha value is -2.86. The van der Waals surface area contributed by atoms with Crippen LogP contribution < -0.4 is 10.2 Å². The zero-order valence-electron chi connectivity index (χ0n) is 17.1. The van der Waals surface area contributed by atoms with Gasteiger partial charge in [0.1, 0.15) is 0 Å². The first-order chi connectivity index (χ1) is 14.5. The SMILES string of the molecule is Cc1cccc(NC(=O)CSc2ccc(N3C(=O)[C@@H]4CC=CC[C@H]4C3=O)cc2)c1C. The molecule has 2 atom stereocenters. The Kier molecular flexibility index (Phi) is 5.77. The van der Waals surface area contributed by atoms with Crippen molar-refractivity contribution in [3.05, 3.63) is 65.7 Å². The second-order valence-corrected chi connectivity index (χ2v) is 8.79. The molecule has 0 spiro atoms. The van der Waals surface area contributed by atoms with Gasteiger partial charge in [-0.1, -0.05) is 24.3 Å². The van der Waals surface area contributed by atoms with Gasteiger partial charge in [0.2, 0.25) is 17.7 Å². The van der Waals surface area contributed by atoms with Crippen molar-refractivity contribution in [1.82, 2.24) is 0 Å². The van der Waals surface area contributed by atoms with E-state index in [2.05, 4.69) is 5.32 Å².